The second-order valence-corrected chi connectivity index (χ2v) is 11.4. The Hall–Kier alpha value is -4.68. The van der Waals surface area contributed by atoms with E-state index in [1.165, 1.54) is 24.5 Å². The fourth-order valence-corrected chi connectivity index (χ4v) is 6.50. The first kappa shape index (κ1) is 29.4. The van der Waals surface area contributed by atoms with Crippen molar-refractivity contribution in [1.29, 1.82) is 0 Å². The normalized spacial score (nSPS) is 14.8. The first-order valence-electron chi connectivity index (χ1n) is 14.0. The van der Waals surface area contributed by atoms with Gasteiger partial charge in [-0.25, -0.2) is 13.8 Å². The zero-order valence-corrected chi connectivity index (χ0v) is 24.9. The number of halogens is 2. The molecule has 226 valence electrons. The Morgan fingerprint density at radius 1 is 1.18 bits per heavy atom. The molecule has 0 aliphatic carbocycles. The molecular weight excluding hydrogens is 588 g/mol. The molecule has 1 aliphatic rings. The predicted octanol–water partition coefficient (Wildman–Crippen LogP) is 5.34. The maximum Gasteiger partial charge on any atom is 0.270 e. The lowest BCUT2D eigenvalue weighted by Crippen LogP contribution is -2.38. The number of methoxy groups -OCH3 is 1. The van der Waals surface area contributed by atoms with Crippen LogP contribution in [-0.2, 0) is 16.6 Å². The van der Waals surface area contributed by atoms with Crippen LogP contribution in [-0.4, -0.2) is 70.9 Å². The van der Waals surface area contributed by atoms with E-state index in [4.69, 9.17) is 14.5 Å². The van der Waals surface area contributed by atoms with Crippen LogP contribution in [0.15, 0.2) is 60.6 Å². The highest BCUT2D eigenvalue weighted by Gasteiger charge is 2.31. The van der Waals surface area contributed by atoms with Gasteiger partial charge in [-0.2, -0.15) is 5.10 Å². The predicted molar refractivity (Wildman–Crippen MR) is 165 cm³/mol. The first-order chi connectivity index (χ1) is 21.3. The van der Waals surface area contributed by atoms with Crippen molar-refractivity contribution < 1.29 is 27.8 Å². The van der Waals surface area contributed by atoms with Gasteiger partial charge in [-0.15, -0.1) is 11.3 Å². The van der Waals surface area contributed by atoms with Gasteiger partial charge in [0.15, 0.2) is 0 Å². The number of hydrogen-bond acceptors (Lipinski definition) is 7. The molecule has 0 bridgehead atoms. The number of rotatable bonds is 9. The van der Waals surface area contributed by atoms with Crippen LogP contribution >= 0.6 is 11.3 Å². The second-order valence-electron chi connectivity index (χ2n) is 10.4. The largest absolute Gasteiger partial charge is 0.490 e. The lowest BCUT2D eigenvalue weighted by atomic mass is 9.97. The number of likely N-dealkylation sites (tertiary alicyclic amines) is 1. The summed E-state index contributed by atoms with van der Waals surface area (Å²) in [7, 11) is 3.34. The molecule has 2 aromatic carbocycles. The quantitative estimate of drug-likeness (QED) is 0.177. The Balaban J connectivity index is 1.53. The molecule has 4 heterocycles. The van der Waals surface area contributed by atoms with E-state index in [9.17, 15) is 14.0 Å². The number of aryl methyl sites for hydroxylation is 1. The van der Waals surface area contributed by atoms with Crippen molar-refractivity contribution in [3.8, 4) is 28.1 Å². The maximum atomic E-state index is 15.8. The standard InChI is InChI=1S/C32H29F2N5O4S/c1-4-26(40)39-9-7-21(17-39)36-32(41)30-28(27-23(34)14-20(33)15-25(27)43-11-10-42-3)31-22(8-12-44-31)29(37-30)18-5-6-24-19(13-18)16-35-38(24)2/h4-6,8,12-16,21H,1,7,9-11,17H2,2-3H3,(H,36,41)/t21-/m0/s1. The van der Waals surface area contributed by atoms with E-state index in [1.54, 1.807) is 15.8 Å². The summed E-state index contributed by atoms with van der Waals surface area (Å²) >= 11 is 1.32. The maximum absolute atomic E-state index is 15.8. The molecule has 9 nitrogen and oxygen atoms in total. The Morgan fingerprint density at radius 2 is 2.02 bits per heavy atom. The van der Waals surface area contributed by atoms with E-state index in [1.807, 2.05) is 36.7 Å². The van der Waals surface area contributed by atoms with Gasteiger partial charge in [-0.05, 0) is 36.1 Å². The summed E-state index contributed by atoms with van der Waals surface area (Å²) in [5.74, 6) is -2.56. The van der Waals surface area contributed by atoms with Crippen molar-refractivity contribution >= 4 is 44.1 Å². The van der Waals surface area contributed by atoms with Crippen LogP contribution in [0, 0.1) is 11.6 Å². The van der Waals surface area contributed by atoms with E-state index in [2.05, 4.69) is 17.0 Å². The van der Waals surface area contributed by atoms with Crippen LogP contribution in [0.3, 0.4) is 0 Å². The van der Waals surface area contributed by atoms with Crippen LogP contribution in [0.1, 0.15) is 16.9 Å². The average molecular weight is 618 g/mol. The average Bonchev–Trinajstić information content (AvgIpc) is 3.77. The summed E-state index contributed by atoms with van der Waals surface area (Å²) in [5.41, 5.74) is 2.28. The molecule has 44 heavy (non-hydrogen) atoms. The van der Waals surface area contributed by atoms with Crippen LogP contribution in [0.25, 0.3) is 43.4 Å². The summed E-state index contributed by atoms with van der Waals surface area (Å²) < 4.78 is 43.5. The van der Waals surface area contributed by atoms with Gasteiger partial charge in [0, 0.05) is 72.0 Å². The summed E-state index contributed by atoms with van der Waals surface area (Å²) in [6.45, 7) is 4.52. The molecule has 1 atom stereocenters. The number of thiophene rings is 1. The minimum absolute atomic E-state index is 0.0351. The topological polar surface area (TPSA) is 98.6 Å². The third-order valence-electron chi connectivity index (χ3n) is 7.67. The fourth-order valence-electron chi connectivity index (χ4n) is 5.55. The Labute approximate surface area is 255 Å². The van der Waals surface area contributed by atoms with Crippen LogP contribution in [0.4, 0.5) is 8.78 Å². The number of fused-ring (bicyclic) bond motifs is 2. The minimum Gasteiger partial charge on any atom is -0.490 e. The highest BCUT2D eigenvalue weighted by Crippen LogP contribution is 2.44. The molecule has 12 heteroatoms. The van der Waals surface area contributed by atoms with E-state index < -0.39 is 17.5 Å². The van der Waals surface area contributed by atoms with Crippen molar-refractivity contribution in [2.24, 2.45) is 7.05 Å². The Bertz CT molecular complexity index is 1920. The molecule has 2 amide bonds. The molecule has 1 aliphatic heterocycles. The van der Waals surface area contributed by atoms with E-state index in [0.717, 1.165) is 28.6 Å². The lowest BCUT2D eigenvalue weighted by molar-refractivity contribution is -0.125. The SMILES string of the molecule is C=CC(=O)N1CC[C@H](NC(=O)c2nc(-c3ccc4c(cnn4C)c3)c3ccsc3c2-c2c(F)cc(F)cc2OCCOC)C1. The summed E-state index contributed by atoms with van der Waals surface area (Å²) in [4.78, 5) is 32.7. The smallest absolute Gasteiger partial charge is 0.270 e. The molecule has 3 aromatic heterocycles. The third-order valence-corrected chi connectivity index (χ3v) is 8.60. The van der Waals surface area contributed by atoms with Gasteiger partial charge in [0.1, 0.15) is 29.7 Å². The van der Waals surface area contributed by atoms with Crippen molar-refractivity contribution in [3.05, 3.63) is 78.0 Å². The third kappa shape index (κ3) is 5.42. The number of amides is 2. The Kier molecular flexibility index (Phi) is 8.11. The van der Waals surface area contributed by atoms with Crippen molar-refractivity contribution in [1.82, 2.24) is 25.0 Å². The van der Waals surface area contributed by atoms with Crippen molar-refractivity contribution in [2.75, 3.05) is 33.4 Å². The number of hydrogen-bond donors (Lipinski definition) is 1. The fraction of sp³-hybridized carbons (Fsp3) is 0.250. The monoisotopic (exact) mass is 617 g/mol. The number of nitrogens with zero attached hydrogens (tertiary/aromatic N) is 4. The number of aromatic nitrogens is 3. The van der Waals surface area contributed by atoms with Crippen LogP contribution in [0.2, 0.25) is 0 Å². The van der Waals surface area contributed by atoms with Crippen LogP contribution < -0.4 is 10.1 Å². The Morgan fingerprint density at radius 3 is 2.82 bits per heavy atom. The molecule has 0 radical (unpaired) electrons. The van der Waals surface area contributed by atoms with Crippen molar-refractivity contribution in [3.63, 3.8) is 0 Å². The number of benzene rings is 2. The number of pyridine rings is 1. The zero-order valence-electron chi connectivity index (χ0n) is 24.1. The van der Waals surface area contributed by atoms with Crippen LogP contribution in [0.5, 0.6) is 5.75 Å². The number of carbonyl (C=O) groups excluding carboxylic acids is 2. The molecule has 0 saturated carbocycles. The lowest BCUT2D eigenvalue weighted by Gasteiger charge is -2.19. The highest BCUT2D eigenvalue weighted by molar-refractivity contribution is 7.18. The van der Waals surface area contributed by atoms with Gasteiger partial charge in [0.05, 0.1) is 29.6 Å². The molecule has 0 spiro atoms. The molecule has 1 fully saturated rings. The molecule has 0 unspecified atom stereocenters. The second kappa shape index (κ2) is 12.1. The van der Waals surface area contributed by atoms with Gasteiger partial charge < -0.3 is 19.7 Å². The highest BCUT2D eigenvalue weighted by atomic mass is 32.1. The van der Waals surface area contributed by atoms with Gasteiger partial charge >= 0.3 is 0 Å². The number of carbonyl (C=O) groups is 2. The van der Waals surface area contributed by atoms with E-state index in [0.29, 0.717) is 35.3 Å². The summed E-state index contributed by atoms with van der Waals surface area (Å²) in [5, 5.41) is 10.7. The first-order valence-corrected chi connectivity index (χ1v) is 14.8. The van der Waals surface area contributed by atoms with Gasteiger partial charge in [-0.3, -0.25) is 14.3 Å². The minimum atomic E-state index is -0.892. The summed E-state index contributed by atoms with van der Waals surface area (Å²) in [6, 6.07) is 9.13. The van der Waals surface area contributed by atoms with E-state index in [-0.39, 0.29) is 47.7 Å². The van der Waals surface area contributed by atoms with Crippen molar-refractivity contribution in [2.45, 2.75) is 12.5 Å². The molecule has 1 N–H and O–H groups in total. The van der Waals surface area contributed by atoms with Gasteiger partial charge in [0.25, 0.3) is 5.91 Å². The number of ether oxygens (including phenoxy) is 2. The number of nitrogens with one attached hydrogen (secondary N) is 1. The van der Waals surface area contributed by atoms with Gasteiger partial charge in [-0.1, -0.05) is 12.6 Å². The van der Waals surface area contributed by atoms with E-state index >= 15 is 4.39 Å². The molecular formula is C32H29F2N5O4S. The molecule has 1 saturated heterocycles. The zero-order chi connectivity index (χ0) is 31.0. The summed E-state index contributed by atoms with van der Waals surface area (Å²) in [6.07, 6.45) is 3.52. The molecule has 5 aromatic rings. The molecule has 6 rings (SSSR count). The van der Waals surface area contributed by atoms with Gasteiger partial charge in [0.2, 0.25) is 5.91 Å².